The first-order valence-corrected chi connectivity index (χ1v) is 6.24. The number of rotatable bonds is 6. The first-order valence-electron chi connectivity index (χ1n) is 6.24. The molecular weight excluding hydrogens is 240 g/mol. The van der Waals surface area contributed by atoms with Crippen LogP contribution in [0.3, 0.4) is 0 Å². The van der Waals surface area contributed by atoms with Gasteiger partial charge in [0.1, 0.15) is 5.82 Å². The first kappa shape index (κ1) is 13.5. The summed E-state index contributed by atoms with van der Waals surface area (Å²) in [5, 5.41) is 9.17. The zero-order valence-electron chi connectivity index (χ0n) is 10.7. The second kappa shape index (κ2) is 6.82. The highest BCUT2D eigenvalue weighted by Gasteiger charge is 2.08. The number of nitrogens with two attached hydrogens (primary N) is 1. The second-order valence-electron chi connectivity index (χ2n) is 4.20. The number of anilines is 1. The summed E-state index contributed by atoms with van der Waals surface area (Å²) in [5.74, 6) is 0.745. The zero-order valence-corrected chi connectivity index (χ0v) is 10.7. The Bertz CT molecular complexity index is 487. The molecule has 0 aliphatic heterocycles. The van der Waals surface area contributed by atoms with Crippen molar-refractivity contribution < 1.29 is 5.11 Å². The smallest absolute Gasteiger partial charge is 0.147 e. The molecule has 100 valence electrons. The topological polar surface area (TPSA) is 75.3 Å². The maximum absolute atomic E-state index is 9.17. The minimum absolute atomic E-state index is 0.0765. The molecule has 3 N–H and O–H groups in total. The molecular formula is C14H18N4O. The van der Waals surface area contributed by atoms with Crippen molar-refractivity contribution in [3.05, 3.63) is 54.0 Å². The molecule has 0 fully saturated rings. The molecule has 0 spiro atoms. The summed E-state index contributed by atoms with van der Waals surface area (Å²) in [5.41, 5.74) is 7.43. The van der Waals surface area contributed by atoms with Crippen molar-refractivity contribution in [1.29, 1.82) is 0 Å². The van der Waals surface area contributed by atoms with Crippen molar-refractivity contribution in [2.24, 2.45) is 5.73 Å². The van der Waals surface area contributed by atoms with E-state index in [9.17, 15) is 0 Å². The number of aliphatic hydroxyl groups excluding tert-OH is 1. The van der Waals surface area contributed by atoms with Crippen molar-refractivity contribution in [1.82, 2.24) is 9.97 Å². The fourth-order valence-corrected chi connectivity index (χ4v) is 1.82. The monoisotopic (exact) mass is 258 g/mol. The van der Waals surface area contributed by atoms with E-state index in [1.165, 1.54) is 5.56 Å². The normalized spacial score (nSPS) is 10.4. The van der Waals surface area contributed by atoms with E-state index in [4.69, 9.17) is 10.8 Å². The molecule has 5 heteroatoms. The fourth-order valence-electron chi connectivity index (χ4n) is 1.82. The fraction of sp³-hybridized carbons (Fsp3) is 0.286. The molecule has 2 aromatic rings. The Morgan fingerprint density at radius 1 is 1.11 bits per heavy atom. The van der Waals surface area contributed by atoms with Crippen LogP contribution < -0.4 is 10.6 Å². The number of aromatic nitrogens is 2. The van der Waals surface area contributed by atoms with Gasteiger partial charge in [-0.1, -0.05) is 30.3 Å². The summed E-state index contributed by atoms with van der Waals surface area (Å²) >= 11 is 0. The van der Waals surface area contributed by atoms with Crippen molar-refractivity contribution >= 4 is 5.82 Å². The van der Waals surface area contributed by atoms with Crippen LogP contribution in [0.25, 0.3) is 0 Å². The Labute approximate surface area is 112 Å². The van der Waals surface area contributed by atoms with Crippen molar-refractivity contribution in [2.45, 2.75) is 13.1 Å². The molecule has 0 saturated carbocycles. The third kappa shape index (κ3) is 3.74. The predicted molar refractivity (Wildman–Crippen MR) is 74.5 cm³/mol. The van der Waals surface area contributed by atoms with E-state index in [2.05, 4.69) is 9.97 Å². The Hall–Kier alpha value is -1.98. The van der Waals surface area contributed by atoms with Gasteiger partial charge in [0, 0.05) is 19.6 Å². The number of hydrogen-bond donors (Lipinski definition) is 2. The summed E-state index contributed by atoms with van der Waals surface area (Å²) in [6, 6.07) is 10.1. The van der Waals surface area contributed by atoms with Crippen LogP contribution in [-0.4, -0.2) is 28.2 Å². The highest BCUT2D eigenvalue weighted by molar-refractivity contribution is 5.37. The van der Waals surface area contributed by atoms with Gasteiger partial charge in [-0.2, -0.15) is 0 Å². The molecule has 0 radical (unpaired) electrons. The molecule has 0 unspecified atom stereocenters. The molecule has 0 bridgehead atoms. The maximum Gasteiger partial charge on any atom is 0.147 e. The average Bonchev–Trinajstić information content (AvgIpc) is 2.48. The largest absolute Gasteiger partial charge is 0.395 e. The van der Waals surface area contributed by atoms with Crippen molar-refractivity contribution in [3.8, 4) is 0 Å². The van der Waals surface area contributed by atoms with Gasteiger partial charge in [0.15, 0.2) is 0 Å². The number of hydrogen-bond acceptors (Lipinski definition) is 5. The highest BCUT2D eigenvalue weighted by atomic mass is 16.3. The Morgan fingerprint density at radius 3 is 2.47 bits per heavy atom. The van der Waals surface area contributed by atoms with Gasteiger partial charge in [0.05, 0.1) is 24.7 Å². The minimum atomic E-state index is 0.0765. The molecule has 19 heavy (non-hydrogen) atoms. The molecule has 5 nitrogen and oxygen atoms in total. The van der Waals surface area contributed by atoms with Crippen LogP contribution in [0.15, 0.2) is 42.7 Å². The summed E-state index contributed by atoms with van der Waals surface area (Å²) < 4.78 is 0. The molecule has 0 atom stereocenters. The van der Waals surface area contributed by atoms with Crippen molar-refractivity contribution in [2.75, 3.05) is 18.1 Å². The third-order valence-electron chi connectivity index (χ3n) is 2.81. The Balaban J connectivity index is 2.14. The van der Waals surface area contributed by atoms with Crippen LogP contribution in [0, 0.1) is 0 Å². The van der Waals surface area contributed by atoms with Gasteiger partial charge in [-0.15, -0.1) is 0 Å². The van der Waals surface area contributed by atoms with Crippen LogP contribution in [-0.2, 0) is 13.1 Å². The molecule has 0 amide bonds. The van der Waals surface area contributed by atoms with Crippen LogP contribution >= 0.6 is 0 Å². The zero-order chi connectivity index (χ0) is 13.5. The molecule has 0 aliphatic carbocycles. The average molecular weight is 258 g/mol. The maximum atomic E-state index is 9.17. The predicted octanol–water partition coefficient (Wildman–Crippen LogP) is 0.934. The van der Waals surface area contributed by atoms with Gasteiger partial charge in [-0.3, -0.25) is 4.98 Å². The molecule has 0 aliphatic rings. The number of aliphatic hydroxyl groups is 1. The van der Waals surface area contributed by atoms with E-state index >= 15 is 0 Å². The summed E-state index contributed by atoms with van der Waals surface area (Å²) in [6.07, 6.45) is 3.37. The second-order valence-corrected chi connectivity index (χ2v) is 4.20. The lowest BCUT2D eigenvalue weighted by Gasteiger charge is -2.22. The number of benzene rings is 1. The van der Waals surface area contributed by atoms with Crippen LogP contribution in [0.1, 0.15) is 11.3 Å². The highest BCUT2D eigenvalue weighted by Crippen LogP contribution is 2.13. The first-order chi connectivity index (χ1) is 9.33. The minimum Gasteiger partial charge on any atom is -0.395 e. The Kier molecular flexibility index (Phi) is 4.83. The van der Waals surface area contributed by atoms with E-state index < -0.39 is 0 Å². The van der Waals surface area contributed by atoms with Gasteiger partial charge < -0.3 is 15.7 Å². The van der Waals surface area contributed by atoms with Crippen LogP contribution in [0.5, 0.6) is 0 Å². The van der Waals surface area contributed by atoms with Crippen LogP contribution in [0.4, 0.5) is 5.82 Å². The summed E-state index contributed by atoms with van der Waals surface area (Å²) in [4.78, 5) is 10.6. The molecule has 1 aromatic heterocycles. The van der Waals surface area contributed by atoms with Gasteiger partial charge in [0.2, 0.25) is 0 Å². The van der Waals surface area contributed by atoms with Gasteiger partial charge in [-0.25, -0.2) is 4.98 Å². The lowest BCUT2D eigenvalue weighted by molar-refractivity contribution is 0.301. The van der Waals surface area contributed by atoms with E-state index in [0.29, 0.717) is 19.6 Å². The SMILES string of the molecule is NCc1cnc(N(CCO)Cc2ccccc2)cn1. The lowest BCUT2D eigenvalue weighted by Crippen LogP contribution is -2.27. The molecule has 1 heterocycles. The summed E-state index contributed by atoms with van der Waals surface area (Å²) in [7, 11) is 0. The quantitative estimate of drug-likeness (QED) is 0.806. The summed E-state index contributed by atoms with van der Waals surface area (Å²) in [6.45, 7) is 1.67. The molecule has 1 aromatic carbocycles. The van der Waals surface area contributed by atoms with E-state index in [1.54, 1.807) is 12.4 Å². The van der Waals surface area contributed by atoms with Crippen molar-refractivity contribution in [3.63, 3.8) is 0 Å². The van der Waals surface area contributed by atoms with Gasteiger partial charge >= 0.3 is 0 Å². The number of nitrogens with zero attached hydrogens (tertiary/aromatic N) is 3. The Morgan fingerprint density at radius 2 is 1.89 bits per heavy atom. The van der Waals surface area contributed by atoms with E-state index in [1.807, 2.05) is 35.2 Å². The standard InChI is InChI=1S/C14H18N4O/c15-8-13-9-17-14(10-16-13)18(6-7-19)11-12-4-2-1-3-5-12/h1-5,9-10,19H,6-8,11,15H2. The van der Waals surface area contributed by atoms with Gasteiger partial charge in [0.25, 0.3) is 0 Å². The molecule has 0 saturated heterocycles. The lowest BCUT2D eigenvalue weighted by atomic mass is 10.2. The van der Waals surface area contributed by atoms with Crippen LogP contribution in [0.2, 0.25) is 0 Å². The molecule has 2 rings (SSSR count). The van der Waals surface area contributed by atoms with E-state index in [0.717, 1.165) is 11.5 Å². The third-order valence-corrected chi connectivity index (χ3v) is 2.81. The van der Waals surface area contributed by atoms with E-state index in [-0.39, 0.29) is 6.61 Å². The van der Waals surface area contributed by atoms with Gasteiger partial charge in [-0.05, 0) is 5.56 Å².